The molecule has 0 heterocycles. The molecule has 0 saturated carbocycles. The van der Waals surface area contributed by atoms with Gasteiger partial charge in [0.15, 0.2) is 0 Å². The lowest BCUT2D eigenvalue weighted by molar-refractivity contribution is 0.0595. The molecule has 0 bridgehead atoms. The quantitative estimate of drug-likeness (QED) is 0.797. The van der Waals surface area contributed by atoms with E-state index in [-0.39, 0.29) is 5.56 Å². The van der Waals surface area contributed by atoms with E-state index in [1.807, 2.05) is 0 Å². The highest BCUT2D eigenvalue weighted by molar-refractivity contribution is 9.10. The molecule has 1 rings (SSSR count). The minimum absolute atomic E-state index is 0.135. The van der Waals surface area contributed by atoms with Crippen LogP contribution in [0.2, 0.25) is 0 Å². The average molecular weight is 277 g/mol. The SMILES string of the molecule is CCOc1cc(C(=O)OC)c(F)cc1Br. The summed E-state index contributed by atoms with van der Waals surface area (Å²) in [5.74, 6) is -0.947. The second-order valence-electron chi connectivity index (χ2n) is 2.69. The lowest BCUT2D eigenvalue weighted by atomic mass is 10.2. The van der Waals surface area contributed by atoms with Gasteiger partial charge in [-0.2, -0.15) is 0 Å². The summed E-state index contributed by atoms with van der Waals surface area (Å²) in [6, 6.07) is 2.49. The fraction of sp³-hybridized carbons (Fsp3) is 0.300. The van der Waals surface area contributed by atoms with Gasteiger partial charge in [-0.05, 0) is 35.0 Å². The van der Waals surface area contributed by atoms with Gasteiger partial charge in [-0.15, -0.1) is 0 Å². The van der Waals surface area contributed by atoms with Crippen LogP contribution in [-0.4, -0.2) is 19.7 Å². The predicted molar refractivity (Wildman–Crippen MR) is 56.6 cm³/mol. The number of carbonyl (C=O) groups excluding carboxylic acids is 1. The first-order chi connectivity index (χ1) is 7.10. The summed E-state index contributed by atoms with van der Waals surface area (Å²) >= 11 is 3.14. The van der Waals surface area contributed by atoms with Crippen LogP contribution in [0.25, 0.3) is 0 Å². The van der Waals surface area contributed by atoms with Gasteiger partial charge >= 0.3 is 5.97 Å². The normalized spacial score (nSPS) is 9.87. The van der Waals surface area contributed by atoms with Gasteiger partial charge in [0.25, 0.3) is 0 Å². The third-order valence-electron chi connectivity index (χ3n) is 1.73. The lowest BCUT2D eigenvalue weighted by Gasteiger charge is -2.08. The van der Waals surface area contributed by atoms with Crippen LogP contribution in [0.4, 0.5) is 4.39 Å². The minimum atomic E-state index is -0.721. The molecular formula is C10H10BrFO3. The monoisotopic (exact) mass is 276 g/mol. The minimum Gasteiger partial charge on any atom is -0.493 e. The molecule has 0 amide bonds. The van der Waals surface area contributed by atoms with E-state index >= 15 is 0 Å². The molecule has 1 aromatic rings. The number of hydrogen-bond donors (Lipinski definition) is 0. The Bertz CT molecular complexity index is 379. The zero-order chi connectivity index (χ0) is 11.4. The van der Waals surface area contributed by atoms with E-state index in [1.54, 1.807) is 6.92 Å². The highest BCUT2D eigenvalue weighted by Gasteiger charge is 2.15. The molecule has 82 valence electrons. The van der Waals surface area contributed by atoms with E-state index in [0.717, 1.165) is 0 Å². The van der Waals surface area contributed by atoms with E-state index in [1.165, 1.54) is 19.2 Å². The van der Waals surface area contributed by atoms with Crippen molar-refractivity contribution >= 4 is 21.9 Å². The number of halogens is 2. The smallest absolute Gasteiger partial charge is 0.340 e. The van der Waals surface area contributed by atoms with Crippen LogP contribution in [0.5, 0.6) is 5.75 Å². The number of esters is 1. The summed E-state index contributed by atoms with van der Waals surface area (Å²) < 4.78 is 23.4. The van der Waals surface area contributed by atoms with Crippen molar-refractivity contribution in [3.63, 3.8) is 0 Å². The Kier molecular flexibility index (Phi) is 4.08. The number of methoxy groups -OCH3 is 1. The van der Waals surface area contributed by atoms with Gasteiger partial charge in [-0.3, -0.25) is 0 Å². The Morgan fingerprint density at radius 1 is 1.53 bits per heavy atom. The maximum Gasteiger partial charge on any atom is 0.340 e. The zero-order valence-electron chi connectivity index (χ0n) is 8.34. The van der Waals surface area contributed by atoms with Gasteiger partial charge in [0.1, 0.15) is 11.6 Å². The van der Waals surface area contributed by atoms with Gasteiger partial charge in [0, 0.05) is 0 Å². The second-order valence-corrected chi connectivity index (χ2v) is 3.54. The first-order valence-corrected chi connectivity index (χ1v) is 5.09. The molecule has 15 heavy (non-hydrogen) atoms. The molecule has 0 aliphatic heterocycles. The van der Waals surface area contributed by atoms with Crippen molar-refractivity contribution in [3.05, 3.63) is 28.0 Å². The first kappa shape index (κ1) is 12.0. The molecule has 0 atom stereocenters. The van der Waals surface area contributed by atoms with E-state index in [0.29, 0.717) is 16.8 Å². The number of ether oxygens (including phenoxy) is 2. The summed E-state index contributed by atoms with van der Waals surface area (Å²) in [6.07, 6.45) is 0. The van der Waals surface area contributed by atoms with Crippen molar-refractivity contribution in [2.24, 2.45) is 0 Å². The Balaban J connectivity index is 3.17. The fourth-order valence-corrected chi connectivity index (χ4v) is 1.49. The Morgan fingerprint density at radius 3 is 2.73 bits per heavy atom. The van der Waals surface area contributed by atoms with Gasteiger partial charge in [-0.1, -0.05) is 0 Å². The number of rotatable bonds is 3. The van der Waals surface area contributed by atoms with E-state index in [9.17, 15) is 9.18 Å². The highest BCUT2D eigenvalue weighted by atomic mass is 79.9. The maximum atomic E-state index is 13.3. The molecule has 0 radical (unpaired) electrons. The zero-order valence-corrected chi connectivity index (χ0v) is 9.93. The third kappa shape index (κ3) is 2.68. The third-order valence-corrected chi connectivity index (χ3v) is 2.35. The van der Waals surface area contributed by atoms with Gasteiger partial charge in [-0.25, -0.2) is 9.18 Å². The van der Waals surface area contributed by atoms with Crippen LogP contribution >= 0.6 is 15.9 Å². The summed E-state index contributed by atoms with van der Waals surface area (Å²) in [7, 11) is 1.20. The van der Waals surface area contributed by atoms with Crippen LogP contribution in [0.1, 0.15) is 17.3 Å². The Labute approximate surface area is 95.3 Å². The van der Waals surface area contributed by atoms with E-state index < -0.39 is 11.8 Å². The highest BCUT2D eigenvalue weighted by Crippen LogP contribution is 2.28. The molecule has 5 heteroatoms. The molecule has 0 aliphatic carbocycles. The van der Waals surface area contributed by atoms with Crippen molar-refractivity contribution in [3.8, 4) is 5.75 Å². The van der Waals surface area contributed by atoms with Crippen LogP contribution < -0.4 is 4.74 Å². The molecule has 1 aromatic carbocycles. The first-order valence-electron chi connectivity index (χ1n) is 4.30. The van der Waals surface area contributed by atoms with Crippen molar-refractivity contribution < 1.29 is 18.7 Å². The molecule has 0 saturated heterocycles. The van der Waals surface area contributed by atoms with Crippen molar-refractivity contribution in [1.29, 1.82) is 0 Å². The van der Waals surface area contributed by atoms with Crippen LogP contribution in [0, 0.1) is 5.82 Å². The maximum absolute atomic E-state index is 13.3. The largest absolute Gasteiger partial charge is 0.493 e. The van der Waals surface area contributed by atoms with Crippen molar-refractivity contribution in [2.75, 3.05) is 13.7 Å². The molecule has 0 aromatic heterocycles. The van der Waals surface area contributed by atoms with Crippen LogP contribution in [0.3, 0.4) is 0 Å². The van der Waals surface area contributed by atoms with E-state index in [4.69, 9.17) is 4.74 Å². The molecule has 0 fully saturated rings. The standard InChI is InChI=1S/C10H10BrFO3/c1-3-15-9-4-6(10(13)14-2)8(12)5-7(9)11/h4-5H,3H2,1-2H3. The number of hydrogen-bond acceptors (Lipinski definition) is 3. The van der Waals surface area contributed by atoms with Crippen LogP contribution in [0.15, 0.2) is 16.6 Å². The fourth-order valence-electron chi connectivity index (χ4n) is 1.06. The molecule has 0 N–H and O–H groups in total. The number of benzene rings is 1. The molecule has 0 aliphatic rings. The predicted octanol–water partition coefficient (Wildman–Crippen LogP) is 2.77. The van der Waals surface area contributed by atoms with E-state index in [2.05, 4.69) is 20.7 Å². The topological polar surface area (TPSA) is 35.5 Å². The van der Waals surface area contributed by atoms with Crippen molar-refractivity contribution in [2.45, 2.75) is 6.92 Å². The summed E-state index contributed by atoms with van der Waals surface area (Å²) in [4.78, 5) is 11.2. The lowest BCUT2D eigenvalue weighted by Crippen LogP contribution is -2.05. The van der Waals surface area contributed by atoms with Crippen molar-refractivity contribution in [1.82, 2.24) is 0 Å². The molecule has 3 nitrogen and oxygen atoms in total. The second kappa shape index (κ2) is 5.11. The summed E-state index contributed by atoms with van der Waals surface area (Å²) in [5.41, 5.74) is -0.135. The van der Waals surface area contributed by atoms with Crippen LogP contribution in [-0.2, 0) is 4.74 Å². The Morgan fingerprint density at radius 2 is 2.20 bits per heavy atom. The number of carbonyl (C=O) groups is 1. The average Bonchev–Trinajstić information content (AvgIpc) is 2.21. The molecule has 0 unspecified atom stereocenters. The summed E-state index contributed by atoms with van der Waals surface area (Å²) in [6.45, 7) is 2.23. The molecular weight excluding hydrogens is 267 g/mol. The van der Waals surface area contributed by atoms with Gasteiger partial charge in [0.05, 0.1) is 23.8 Å². The Hall–Kier alpha value is -1.10. The molecule has 0 spiro atoms. The summed E-state index contributed by atoms with van der Waals surface area (Å²) in [5, 5.41) is 0. The van der Waals surface area contributed by atoms with Gasteiger partial charge < -0.3 is 9.47 Å². The van der Waals surface area contributed by atoms with Gasteiger partial charge in [0.2, 0.25) is 0 Å².